The second-order valence-electron chi connectivity index (χ2n) is 5.45. The third-order valence-electron chi connectivity index (χ3n) is 3.55. The second kappa shape index (κ2) is 8.67. The Hall–Kier alpha value is -2.89. The number of fused-ring (bicyclic) bond motifs is 1. The first kappa shape index (κ1) is 17.5. The minimum Gasteiger partial charge on any atom is -0.481 e. The molecule has 2 rings (SSSR count). The minimum absolute atomic E-state index is 0.0504. The highest BCUT2D eigenvalue weighted by atomic mass is 16.4. The lowest BCUT2D eigenvalue weighted by Crippen LogP contribution is -2.32. The Morgan fingerprint density at radius 3 is 2.38 bits per heavy atom. The number of nitrogens with one attached hydrogen (secondary N) is 2. The van der Waals surface area contributed by atoms with E-state index < -0.39 is 5.97 Å². The number of anilines is 1. The standard InChI is InChI=1S/C18H20N2O4/c21-16(10-3-4-11-18(23)24)19-12-17(22)20-15-9-5-7-13-6-1-2-8-14(13)15/h1-2,5-9H,3-4,10-12H2,(H,19,21)(H,20,22)(H,23,24). The molecule has 0 spiro atoms. The molecular formula is C18H20N2O4. The number of carbonyl (C=O) groups is 3. The molecular weight excluding hydrogens is 308 g/mol. The summed E-state index contributed by atoms with van der Waals surface area (Å²) in [6.07, 6.45) is 1.21. The molecule has 0 saturated heterocycles. The number of amides is 2. The Balaban J connectivity index is 1.78. The van der Waals surface area contributed by atoms with Crippen molar-refractivity contribution in [2.45, 2.75) is 25.7 Å². The predicted octanol–water partition coefficient (Wildman–Crippen LogP) is 2.54. The summed E-state index contributed by atoms with van der Waals surface area (Å²) in [4.78, 5) is 34.0. The molecule has 0 heterocycles. The quantitative estimate of drug-likeness (QED) is 0.649. The SMILES string of the molecule is O=C(O)CCCCC(=O)NCC(=O)Nc1cccc2ccccc12. The summed E-state index contributed by atoms with van der Waals surface area (Å²) in [6.45, 7) is -0.110. The van der Waals surface area contributed by atoms with Crippen LogP contribution in [-0.4, -0.2) is 29.4 Å². The van der Waals surface area contributed by atoms with Crippen LogP contribution in [0.3, 0.4) is 0 Å². The van der Waals surface area contributed by atoms with Crippen LogP contribution in [0.5, 0.6) is 0 Å². The van der Waals surface area contributed by atoms with Gasteiger partial charge in [-0.3, -0.25) is 14.4 Å². The van der Waals surface area contributed by atoms with E-state index in [1.54, 1.807) is 0 Å². The van der Waals surface area contributed by atoms with Gasteiger partial charge in [0.05, 0.1) is 6.54 Å². The zero-order valence-electron chi connectivity index (χ0n) is 13.2. The molecule has 0 aliphatic carbocycles. The number of carboxylic acid groups (broad SMARTS) is 1. The van der Waals surface area contributed by atoms with Crippen molar-refractivity contribution in [2.75, 3.05) is 11.9 Å². The fourth-order valence-electron chi connectivity index (χ4n) is 2.36. The van der Waals surface area contributed by atoms with Gasteiger partial charge in [0.2, 0.25) is 11.8 Å². The Morgan fingerprint density at radius 1 is 0.875 bits per heavy atom. The van der Waals surface area contributed by atoms with Crippen LogP contribution in [0.25, 0.3) is 10.8 Å². The maximum Gasteiger partial charge on any atom is 0.303 e. The van der Waals surface area contributed by atoms with E-state index in [2.05, 4.69) is 10.6 Å². The number of benzene rings is 2. The molecule has 24 heavy (non-hydrogen) atoms. The lowest BCUT2D eigenvalue weighted by molar-refractivity contribution is -0.137. The molecule has 0 aromatic heterocycles. The van der Waals surface area contributed by atoms with E-state index in [1.165, 1.54) is 0 Å². The van der Waals surface area contributed by atoms with Gasteiger partial charge in [-0.1, -0.05) is 36.4 Å². The molecule has 3 N–H and O–H groups in total. The average Bonchev–Trinajstić information content (AvgIpc) is 2.57. The Labute approximate surface area is 139 Å². The summed E-state index contributed by atoms with van der Waals surface area (Å²) in [7, 11) is 0. The molecule has 6 heteroatoms. The molecule has 2 amide bonds. The zero-order chi connectivity index (χ0) is 17.4. The largest absolute Gasteiger partial charge is 0.481 e. The lowest BCUT2D eigenvalue weighted by Gasteiger charge is -2.09. The van der Waals surface area contributed by atoms with E-state index >= 15 is 0 Å². The maximum absolute atomic E-state index is 12.0. The summed E-state index contributed by atoms with van der Waals surface area (Å²) in [5.41, 5.74) is 0.703. The van der Waals surface area contributed by atoms with Gasteiger partial charge in [0.1, 0.15) is 0 Å². The molecule has 0 bridgehead atoms. The minimum atomic E-state index is -0.870. The first-order valence-corrected chi connectivity index (χ1v) is 7.82. The van der Waals surface area contributed by atoms with E-state index in [0.717, 1.165) is 10.8 Å². The molecule has 0 unspecified atom stereocenters. The molecule has 2 aromatic rings. The molecule has 0 fully saturated rings. The molecule has 0 aliphatic rings. The Morgan fingerprint density at radius 2 is 1.58 bits per heavy atom. The highest BCUT2D eigenvalue weighted by Gasteiger charge is 2.08. The van der Waals surface area contributed by atoms with Crippen molar-refractivity contribution < 1.29 is 19.5 Å². The van der Waals surface area contributed by atoms with Crippen LogP contribution in [0.1, 0.15) is 25.7 Å². The zero-order valence-corrected chi connectivity index (χ0v) is 13.2. The monoisotopic (exact) mass is 328 g/mol. The van der Waals surface area contributed by atoms with Crippen LogP contribution < -0.4 is 10.6 Å². The summed E-state index contributed by atoms with van der Waals surface area (Å²) in [6, 6.07) is 13.3. The van der Waals surface area contributed by atoms with Crippen LogP contribution in [0, 0.1) is 0 Å². The van der Waals surface area contributed by atoms with E-state index in [-0.39, 0.29) is 31.2 Å². The fourth-order valence-corrected chi connectivity index (χ4v) is 2.36. The normalized spacial score (nSPS) is 10.3. The van der Waals surface area contributed by atoms with Crippen LogP contribution >= 0.6 is 0 Å². The molecule has 0 saturated carbocycles. The van der Waals surface area contributed by atoms with Crippen molar-refractivity contribution in [3.05, 3.63) is 42.5 Å². The van der Waals surface area contributed by atoms with Crippen molar-refractivity contribution in [1.29, 1.82) is 0 Å². The smallest absolute Gasteiger partial charge is 0.303 e. The van der Waals surface area contributed by atoms with Crippen LogP contribution in [-0.2, 0) is 14.4 Å². The second-order valence-corrected chi connectivity index (χ2v) is 5.45. The maximum atomic E-state index is 12.0. The molecule has 0 aliphatic heterocycles. The fraction of sp³-hybridized carbons (Fsp3) is 0.278. The summed E-state index contributed by atoms with van der Waals surface area (Å²) < 4.78 is 0. The summed E-state index contributed by atoms with van der Waals surface area (Å²) >= 11 is 0. The highest BCUT2D eigenvalue weighted by molar-refractivity contribution is 6.03. The van der Waals surface area contributed by atoms with Gasteiger partial charge in [0.15, 0.2) is 0 Å². The van der Waals surface area contributed by atoms with Gasteiger partial charge < -0.3 is 15.7 Å². The number of rotatable bonds is 8. The van der Waals surface area contributed by atoms with Gasteiger partial charge in [-0.05, 0) is 24.3 Å². The van der Waals surface area contributed by atoms with Gasteiger partial charge >= 0.3 is 5.97 Å². The van der Waals surface area contributed by atoms with E-state index in [0.29, 0.717) is 18.5 Å². The van der Waals surface area contributed by atoms with Gasteiger partial charge in [0.25, 0.3) is 0 Å². The number of unbranched alkanes of at least 4 members (excludes halogenated alkanes) is 1. The Kier molecular flexibility index (Phi) is 6.31. The van der Waals surface area contributed by atoms with Gasteiger partial charge in [-0.25, -0.2) is 0 Å². The van der Waals surface area contributed by atoms with Crippen molar-refractivity contribution in [3.8, 4) is 0 Å². The third-order valence-corrected chi connectivity index (χ3v) is 3.55. The molecule has 126 valence electrons. The number of aliphatic carboxylic acids is 1. The highest BCUT2D eigenvalue weighted by Crippen LogP contribution is 2.22. The van der Waals surface area contributed by atoms with Crippen molar-refractivity contribution in [2.24, 2.45) is 0 Å². The molecule has 2 aromatic carbocycles. The first-order valence-electron chi connectivity index (χ1n) is 7.82. The van der Waals surface area contributed by atoms with E-state index in [9.17, 15) is 14.4 Å². The van der Waals surface area contributed by atoms with Gasteiger partial charge in [-0.15, -0.1) is 0 Å². The van der Waals surface area contributed by atoms with Crippen molar-refractivity contribution in [3.63, 3.8) is 0 Å². The molecule has 0 atom stereocenters. The van der Waals surface area contributed by atoms with Crippen molar-refractivity contribution >= 4 is 34.2 Å². The Bertz CT molecular complexity index is 737. The lowest BCUT2D eigenvalue weighted by atomic mass is 10.1. The predicted molar refractivity (Wildman–Crippen MR) is 91.7 cm³/mol. The van der Waals surface area contributed by atoms with Gasteiger partial charge in [-0.2, -0.15) is 0 Å². The van der Waals surface area contributed by atoms with Crippen LogP contribution in [0.15, 0.2) is 42.5 Å². The molecule has 6 nitrogen and oxygen atoms in total. The molecule has 0 radical (unpaired) electrons. The van der Waals surface area contributed by atoms with Crippen LogP contribution in [0.4, 0.5) is 5.69 Å². The van der Waals surface area contributed by atoms with Crippen LogP contribution in [0.2, 0.25) is 0 Å². The number of hydrogen-bond acceptors (Lipinski definition) is 3. The average molecular weight is 328 g/mol. The number of hydrogen-bond donors (Lipinski definition) is 3. The summed E-state index contributed by atoms with van der Waals surface area (Å²) in [5.74, 6) is -1.43. The van der Waals surface area contributed by atoms with Crippen molar-refractivity contribution in [1.82, 2.24) is 5.32 Å². The summed E-state index contributed by atoms with van der Waals surface area (Å²) in [5, 5.41) is 15.8. The first-order chi connectivity index (χ1) is 11.6. The number of carbonyl (C=O) groups excluding carboxylic acids is 2. The third kappa shape index (κ3) is 5.39. The van der Waals surface area contributed by atoms with E-state index in [1.807, 2.05) is 42.5 Å². The topological polar surface area (TPSA) is 95.5 Å². The van der Waals surface area contributed by atoms with Gasteiger partial charge in [0, 0.05) is 23.9 Å². The van der Waals surface area contributed by atoms with E-state index in [4.69, 9.17) is 5.11 Å². The number of carboxylic acids is 1.